The van der Waals surface area contributed by atoms with Gasteiger partial charge in [-0.1, -0.05) is 18.2 Å². The molecule has 8 nitrogen and oxygen atoms in total. The van der Waals surface area contributed by atoms with E-state index in [1.807, 2.05) is 25.1 Å². The number of nitro benzene ring substituents is 1. The minimum Gasteiger partial charge on any atom is -0.454 e. The highest BCUT2D eigenvalue weighted by molar-refractivity contribution is 14.0. The molecule has 0 spiro atoms. The van der Waals surface area contributed by atoms with Gasteiger partial charge in [-0.25, -0.2) is 4.99 Å². The fraction of sp³-hybridized carbons (Fsp3) is 0.278. The molecule has 9 heteroatoms. The van der Waals surface area contributed by atoms with Gasteiger partial charge < -0.3 is 20.1 Å². The average Bonchev–Trinajstić information content (AvgIpc) is 3.12. The summed E-state index contributed by atoms with van der Waals surface area (Å²) in [6.45, 7) is 3.98. The maximum atomic E-state index is 10.7. The number of benzene rings is 2. The zero-order valence-corrected chi connectivity index (χ0v) is 17.1. The van der Waals surface area contributed by atoms with Crippen molar-refractivity contribution in [3.8, 4) is 11.5 Å². The molecule has 2 aromatic carbocycles. The highest BCUT2D eigenvalue weighted by Gasteiger charge is 2.13. The van der Waals surface area contributed by atoms with Gasteiger partial charge in [0.05, 0.1) is 11.5 Å². The summed E-state index contributed by atoms with van der Waals surface area (Å²) in [5, 5.41) is 17.1. The van der Waals surface area contributed by atoms with E-state index >= 15 is 0 Å². The number of nitro groups is 1. The van der Waals surface area contributed by atoms with Crippen molar-refractivity contribution in [1.82, 2.24) is 10.6 Å². The highest BCUT2D eigenvalue weighted by Crippen LogP contribution is 2.32. The lowest BCUT2D eigenvalue weighted by Crippen LogP contribution is -2.36. The SMILES string of the molecule is CCNC(=NCc1ccc2c(c1)OCO2)NCc1ccc([N+](=O)[O-])cc1.I. The Morgan fingerprint density at radius 2 is 1.81 bits per heavy atom. The van der Waals surface area contributed by atoms with Gasteiger partial charge in [0.2, 0.25) is 6.79 Å². The molecule has 144 valence electrons. The fourth-order valence-electron chi connectivity index (χ4n) is 2.47. The second-order valence-corrected chi connectivity index (χ2v) is 5.66. The topological polar surface area (TPSA) is 98.0 Å². The Balaban J connectivity index is 0.00000261. The van der Waals surface area contributed by atoms with Crippen molar-refractivity contribution in [2.24, 2.45) is 4.99 Å². The van der Waals surface area contributed by atoms with Crippen LogP contribution in [0.1, 0.15) is 18.1 Å². The molecule has 0 bridgehead atoms. The number of aliphatic imine (C=N–C) groups is 1. The molecule has 2 aromatic rings. The van der Waals surface area contributed by atoms with Crippen LogP contribution >= 0.6 is 24.0 Å². The minimum absolute atomic E-state index is 0. The molecule has 1 aliphatic heterocycles. The Labute approximate surface area is 174 Å². The first-order chi connectivity index (χ1) is 12.7. The first kappa shape index (κ1) is 20.7. The molecule has 0 saturated carbocycles. The van der Waals surface area contributed by atoms with Crippen LogP contribution < -0.4 is 20.1 Å². The van der Waals surface area contributed by atoms with Gasteiger partial charge in [0.15, 0.2) is 17.5 Å². The predicted octanol–water partition coefficient (Wildman–Crippen LogP) is 3.20. The number of nitrogens with zero attached hydrogens (tertiary/aromatic N) is 2. The van der Waals surface area contributed by atoms with Crippen molar-refractivity contribution >= 4 is 35.6 Å². The summed E-state index contributed by atoms with van der Waals surface area (Å²) in [6.07, 6.45) is 0. The van der Waals surface area contributed by atoms with Crippen LogP contribution in [0.3, 0.4) is 0 Å². The van der Waals surface area contributed by atoms with Crippen LogP contribution in [-0.2, 0) is 13.1 Å². The van der Waals surface area contributed by atoms with E-state index in [4.69, 9.17) is 9.47 Å². The second-order valence-electron chi connectivity index (χ2n) is 5.66. The van der Waals surface area contributed by atoms with Crippen molar-refractivity contribution in [3.05, 3.63) is 63.7 Å². The van der Waals surface area contributed by atoms with Crippen LogP contribution in [0.4, 0.5) is 5.69 Å². The van der Waals surface area contributed by atoms with Crippen LogP contribution in [0.5, 0.6) is 11.5 Å². The Morgan fingerprint density at radius 3 is 2.52 bits per heavy atom. The lowest BCUT2D eigenvalue weighted by atomic mass is 10.2. The third-order valence-corrected chi connectivity index (χ3v) is 3.81. The van der Waals surface area contributed by atoms with E-state index in [1.54, 1.807) is 12.1 Å². The van der Waals surface area contributed by atoms with E-state index in [2.05, 4.69) is 15.6 Å². The van der Waals surface area contributed by atoms with Gasteiger partial charge in [0.25, 0.3) is 5.69 Å². The molecule has 1 aliphatic rings. The maximum Gasteiger partial charge on any atom is 0.269 e. The van der Waals surface area contributed by atoms with Gasteiger partial charge in [-0.2, -0.15) is 0 Å². The summed E-state index contributed by atoms with van der Waals surface area (Å²) in [5.74, 6) is 2.16. The van der Waals surface area contributed by atoms with Crippen molar-refractivity contribution in [2.45, 2.75) is 20.0 Å². The molecule has 0 atom stereocenters. The number of hydrogen-bond acceptors (Lipinski definition) is 5. The molecule has 0 unspecified atom stereocenters. The van der Waals surface area contributed by atoms with Gasteiger partial charge >= 0.3 is 0 Å². The van der Waals surface area contributed by atoms with Gasteiger partial charge in [-0.15, -0.1) is 24.0 Å². The van der Waals surface area contributed by atoms with Gasteiger partial charge in [0.1, 0.15) is 0 Å². The van der Waals surface area contributed by atoms with Crippen molar-refractivity contribution in [1.29, 1.82) is 0 Å². The van der Waals surface area contributed by atoms with E-state index in [9.17, 15) is 10.1 Å². The molecule has 1 heterocycles. The lowest BCUT2D eigenvalue weighted by molar-refractivity contribution is -0.384. The molecular formula is C18H21IN4O4. The van der Waals surface area contributed by atoms with Crippen molar-refractivity contribution in [3.63, 3.8) is 0 Å². The molecule has 0 aromatic heterocycles. The molecule has 0 radical (unpaired) electrons. The van der Waals surface area contributed by atoms with E-state index in [-0.39, 0.29) is 36.5 Å². The number of hydrogen-bond donors (Lipinski definition) is 2. The molecule has 27 heavy (non-hydrogen) atoms. The number of halogens is 1. The molecule has 0 amide bonds. The molecule has 2 N–H and O–H groups in total. The summed E-state index contributed by atoms with van der Waals surface area (Å²) in [7, 11) is 0. The Morgan fingerprint density at radius 1 is 1.11 bits per heavy atom. The van der Waals surface area contributed by atoms with E-state index in [1.165, 1.54) is 12.1 Å². The quantitative estimate of drug-likeness (QED) is 0.215. The summed E-state index contributed by atoms with van der Waals surface area (Å²) in [5.41, 5.74) is 2.03. The zero-order valence-electron chi connectivity index (χ0n) is 14.8. The molecule has 3 rings (SSSR count). The fourth-order valence-corrected chi connectivity index (χ4v) is 2.47. The highest BCUT2D eigenvalue weighted by atomic mass is 127. The maximum absolute atomic E-state index is 10.7. The summed E-state index contributed by atoms with van der Waals surface area (Å²) in [6, 6.07) is 12.2. The zero-order chi connectivity index (χ0) is 18.4. The minimum atomic E-state index is -0.409. The first-order valence-corrected chi connectivity index (χ1v) is 8.29. The number of nitrogens with one attached hydrogen (secondary N) is 2. The number of rotatable bonds is 6. The molecular weight excluding hydrogens is 463 g/mol. The van der Waals surface area contributed by atoms with Gasteiger partial charge in [0, 0.05) is 25.2 Å². The van der Waals surface area contributed by atoms with Crippen LogP contribution in [0.2, 0.25) is 0 Å². The number of guanidine groups is 1. The first-order valence-electron chi connectivity index (χ1n) is 8.29. The van der Waals surface area contributed by atoms with Crippen LogP contribution in [-0.4, -0.2) is 24.2 Å². The van der Waals surface area contributed by atoms with Crippen LogP contribution in [0.15, 0.2) is 47.5 Å². The van der Waals surface area contributed by atoms with E-state index in [0.29, 0.717) is 19.0 Å². The summed E-state index contributed by atoms with van der Waals surface area (Å²) < 4.78 is 10.7. The Hall–Kier alpha value is -2.56. The van der Waals surface area contributed by atoms with Crippen LogP contribution in [0, 0.1) is 10.1 Å². The lowest BCUT2D eigenvalue weighted by Gasteiger charge is -2.11. The largest absolute Gasteiger partial charge is 0.454 e. The molecule has 0 saturated heterocycles. The molecule has 0 fully saturated rings. The van der Waals surface area contributed by atoms with Crippen LogP contribution in [0.25, 0.3) is 0 Å². The van der Waals surface area contributed by atoms with Crippen molar-refractivity contribution < 1.29 is 14.4 Å². The monoisotopic (exact) mass is 484 g/mol. The summed E-state index contributed by atoms with van der Waals surface area (Å²) >= 11 is 0. The molecule has 0 aliphatic carbocycles. The second kappa shape index (κ2) is 9.95. The van der Waals surface area contributed by atoms with E-state index in [0.717, 1.165) is 29.2 Å². The summed E-state index contributed by atoms with van der Waals surface area (Å²) in [4.78, 5) is 14.8. The smallest absolute Gasteiger partial charge is 0.269 e. The third-order valence-electron chi connectivity index (χ3n) is 3.81. The third kappa shape index (κ3) is 5.71. The normalized spacial score (nSPS) is 12.3. The number of non-ortho nitro benzene ring substituents is 1. The standard InChI is InChI=1S/C18H20N4O4.HI/c1-2-19-18(20-10-13-3-6-15(7-4-13)22(23)24)21-11-14-5-8-16-17(9-14)26-12-25-16;/h3-9H,2,10-12H2,1H3,(H2,19,20,21);1H. The van der Waals surface area contributed by atoms with Gasteiger partial charge in [-0.3, -0.25) is 10.1 Å². The predicted molar refractivity (Wildman–Crippen MR) is 113 cm³/mol. The van der Waals surface area contributed by atoms with E-state index < -0.39 is 4.92 Å². The number of ether oxygens (including phenoxy) is 2. The van der Waals surface area contributed by atoms with Crippen molar-refractivity contribution in [2.75, 3.05) is 13.3 Å². The Kier molecular flexibility index (Phi) is 7.65. The van der Waals surface area contributed by atoms with Gasteiger partial charge in [-0.05, 0) is 30.2 Å². The Bertz CT molecular complexity index is 812. The average molecular weight is 484 g/mol. The number of fused-ring (bicyclic) bond motifs is 1.